The summed E-state index contributed by atoms with van der Waals surface area (Å²) in [5, 5.41) is 1.39. The van der Waals surface area contributed by atoms with Gasteiger partial charge in [0.25, 0.3) is 0 Å². The Morgan fingerprint density at radius 2 is 1.84 bits per heavy atom. The van der Waals surface area contributed by atoms with Crippen molar-refractivity contribution >= 4 is 19.3 Å². The third-order valence-corrected chi connectivity index (χ3v) is 8.80. The van der Waals surface area contributed by atoms with Crippen molar-refractivity contribution in [3.63, 3.8) is 0 Å². The molecule has 0 spiro atoms. The normalized spacial score (nSPS) is 14.8. The summed E-state index contributed by atoms with van der Waals surface area (Å²) in [5.74, 6) is 0. The zero-order chi connectivity index (χ0) is 14.3. The third kappa shape index (κ3) is 2.77. The van der Waals surface area contributed by atoms with Crippen molar-refractivity contribution in [2.75, 3.05) is 0 Å². The summed E-state index contributed by atoms with van der Waals surface area (Å²) >= 11 is 0. The maximum atomic E-state index is 6.46. The second-order valence-corrected chi connectivity index (χ2v) is 11.5. The van der Waals surface area contributed by atoms with Crippen molar-refractivity contribution in [1.29, 1.82) is 0 Å². The van der Waals surface area contributed by atoms with Gasteiger partial charge < -0.3 is 8.84 Å². The van der Waals surface area contributed by atoms with E-state index in [1.807, 2.05) is 18.2 Å². The molecule has 0 saturated carbocycles. The molecule has 104 valence electrons. The fraction of sp³-hybridized carbons (Fsp3) is 0.500. The Hall–Kier alpha value is -1.06. The molecule has 0 aliphatic heterocycles. The highest BCUT2D eigenvalue weighted by Crippen LogP contribution is 2.40. The molecule has 2 nitrogen and oxygen atoms in total. The van der Waals surface area contributed by atoms with E-state index in [0.29, 0.717) is 0 Å². The Bertz CT molecular complexity index is 563. The Morgan fingerprint density at radius 1 is 1.16 bits per heavy atom. The largest absolute Gasteiger partial charge is 0.464 e. The number of hydrogen-bond donors (Lipinski definition) is 0. The van der Waals surface area contributed by atoms with E-state index >= 15 is 0 Å². The first-order valence-electron chi connectivity index (χ1n) is 6.86. The van der Waals surface area contributed by atoms with Crippen LogP contribution in [0.2, 0.25) is 18.1 Å². The summed E-state index contributed by atoms with van der Waals surface area (Å²) in [5.41, 5.74) is 2.15. The molecule has 1 aromatic heterocycles. The SMILES string of the molecule is C[C@@H](O[Si](C)(C)C(C)(C)C)c1cccc2occc12. The number of hydrogen-bond acceptors (Lipinski definition) is 2. The van der Waals surface area contributed by atoms with Crippen LogP contribution in [0.25, 0.3) is 11.0 Å². The highest BCUT2D eigenvalue weighted by molar-refractivity contribution is 6.74. The molecule has 0 saturated heterocycles. The third-order valence-electron chi connectivity index (χ3n) is 4.25. The summed E-state index contributed by atoms with van der Waals surface area (Å²) in [4.78, 5) is 0. The van der Waals surface area contributed by atoms with E-state index in [0.717, 1.165) is 11.0 Å². The number of rotatable bonds is 3. The van der Waals surface area contributed by atoms with Gasteiger partial charge in [-0.1, -0.05) is 32.9 Å². The van der Waals surface area contributed by atoms with Gasteiger partial charge >= 0.3 is 0 Å². The van der Waals surface area contributed by atoms with E-state index in [1.54, 1.807) is 6.26 Å². The van der Waals surface area contributed by atoms with Crippen LogP contribution in [0.4, 0.5) is 0 Å². The van der Waals surface area contributed by atoms with Crippen LogP contribution in [0, 0.1) is 0 Å². The van der Waals surface area contributed by atoms with Crippen molar-refractivity contribution in [2.24, 2.45) is 0 Å². The Morgan fingerprint density at radius 3 is 2.47 bits per heavy atom. The van der Waals surface area contributed by atoms with E-state index in [4.69, 9.17) is 8.84 Å². The lowest BCUT2D eigenvalue weighted by Crippen LogP contribution is -2.41. The first-order chi connectivity index (χ1) is 8.72. The van der Waals surface area contributed by atoms with Crippen LogP contribution >= 0.6 is 0 Å². The molecule has 0 bridgehead atoms. The van der Waals surface area contributed by atoms with Crippen LogP contribution in [0.5, 0.6) is 0 Å². The molecule has 0 unspecified atom stereocenters. The smallest absolute Gasteiger partial charge is 0.192 e. The highest BCUT2D eigenvalue weighted by Gasteiger charge is 2.38. The van der Waals surface area contributed by atoms with Gasteiger partial charge in [0.15, 0.2) is 8.32 Å². The van der Waals surface area contributed by atoms with Gasteiger partial charge in [0.2, 0.25) is 0 Å². The van der Waals surface area contributed by atoms with Crippen molar-refractivity contribution in [1.82, 2.24) is 0 Å². The second kappa shape index (κ2) is 4.80. The van der Waals surface area contributed by atoms with Gasteiger partial charge in [-0.05, 0) is 42.8 Å². The van der Waals surface area contributed by atoms with Crippen LogP contribution in [0.3, 0.4) is 0 Å². The zero-order valence-corrected chi connectivity index (χ0v) is 13.8. The molecule has 0 aliphatic carbocycles. The predicted octanol–water partition coefficient (Wildman–Crippen LogP) is 5.52. The maximum absolute atomic E-state index is 6.46. The molecule has 19 heavy (non-hydrogen) atoms. The monoisotopic (exact) mass is 276 g/mol. The van der Waals surface area contributed by atoms with Gasteiger partial charge in [-0.3, -0.25) is 0 Å². The maximum Gasteiger partial charge on any atom is 0.192 e. The Balaban J connectivity index is 2.30. The van der Waals surface area contributed by atoms with Gasteiger partial charge in [-0.2, -0.15) is 0 Å². The van der Waals surface area contributed by atoms with Crippen LogP contribution in [-0.4, -0.2) is 8.32 Å². The minimum absolute atomic E-state index is 0.0993. The second-order valence-electron chi connectivity index (χ2n) is 6.70. The molecule has 0 aliphatic rings. The first-order valence-corrected chi connectivity index (χ1v) is 9.77. The lowest BCUT2D eigenvalue weighted by molar-refractivity contribution is 0.204. The molecule has 0 N–H and O–H groups in total. The molecule has 1 heterocycles. The minimum Gasteiger partial charge on any atom is -0.464 e. The van der Waals surface area contributed by atoms with Crippen LogP contribution in [0.1, 0.15) is 39.4 Å². The molecular formula is C16H24O2Si. The molecule has 2 aromatic rings. The summed E-state index contributed by atoms with van der Waals surface area (Å²) < 4.78 is 11.9. The van der Waals surface area contributed by atoms with Crippen molar-refractivity contribution in [3.8, 4) is 0 Å². The standard InChI is InChI=1S/C16H24O2Si/c1-12(18-19(5,6)16(2,3)4)13-8-7-9-15-14(13)10-11-17-15/h7-12H,1-6H3/t12-/m1/s1. The summed E-state index contributed by atoms with van der Waals surface area (Å²) in [6, 6.07) is 8.19. The van der Waals surface area contributed by atoms with Gasteiger partial charge in [0.05, 0.1) is 12.4 Å². The van der Waals surface area contributed by atoms with E-state index in [1.165, 1.54) is 5.56 Å². The van der Waals surface area contributed by atoms with Crippen LogP contribution in [0.15, 0.2) is 34.9 Å². The molecule has 1 aromatic carbocycles. The predicted molar refractivity (Wildman–Crippen MR) is 82.9 cm³/mol. The molecule has 0 radical (unpaired) electrons. The highest BCUT2D eigenvalue weighted by atomic mass is 28.4. The molecule has 0 amide bonds. The zero-order valence-electron chi connectivity index (χ0n) is 12.8. The topological polar surface area (TPSA) is 22.4 Å². The van der Waals surface area contributed by atoms with Gasteiger partial charge in [-0.15, -0.1) is 0 Å². The van der Waals surface area contributed by atoms with Gasteiger partial charge in [0, 0.05) is 5.39 Å². The molecule has 1 atom stereocenters. The molecule has 3 heteroatoms. The van der Waals surface area contributed by atoms with Crippen molar-refractivity contribution in [3.05, 3.63) is 36.1 Å². The fourth-order valence-electron chi connectivity index (χ4n) is 2.05. The van der Waals surface area contributed by atoms with E-state index in [-0.39, 0.29) is 11.1 Å². The average Bonchev–Trinajstić information content (AvgIpc) is 2.73. The van der Waals surface area contributed by atoms with Crippen LogP contribution in [-0.2, 0) is 4.43 Å². The molecule has 0 fully saturated rings. The molecule has 2 rings (SSSR count). The number of benzene rings is 1. The van der Waals surface area contributed by atoms with Gasteiger partial charge in [-0.25, -0.2) is 0 Å². The van der Waals surface area contributed by atoms with Gasteiger partial charge in [0.1, 0.15) is 5.58 Å². The average molecular weight is 276 g/mol. The van der Waals surface area contributed by atoms with Crippen molar-refractivity contribution < 1.29 is 8.84 Å². The number of fused-ring (bicyclic) bond motifs is 1. The van der Waals surface area contributed by atoms with Crippen LogP contribution < -0.4 is 0 Å². The lowest BCUT2D eigenvalue weighted by Gasteiger charge is -2.38. The van der Waals surface area contributed by atoms with E-state index < -0.39 is 8.32 Å². The summed E-state index contributed by atoms with van der Waals surface area (Å²) in [6.45, 7) is 13.5. The summed E-state index contributed by atoms with van der Waals surface area (Å²) in [6.07, 6.45) is 1.84. The van der Waals surface area contributed by atoms with E-state index in [9.17, 15) is 0 Å². The summed E-state index contributed by atoms with van der Waals surface area (Å²) in [7, 11) is -1.75. The van der Waals surface area contributed by atoms with Crippen molar-refractivity contribution in [2.45, 2.75) is 51.9 Å². The minimum atomic E-state index is -1.75. The lowest BCUT2D eigenvalue weighted by atomic mass is 10.1. The Kier molecular flexibility index (Phi) is 3.62. The fourth-order valence-corrected chi connectivity index (χ4v) is 3.42. The first kappa shape index (κ1) is 14.3. The molecular weight excluding hydrogens is 252 g/mol. The quantitative estimate of drug-likeness (QED) is 0.689. The van der Waals surface area contributed by atoms with E-state index in [2.05, 4.69) is 46.9 Å². The number of furan rings is 1. The Labute approximate surface area is 116 Å².